The molecule has 21 heavy (non-hydrogen) atoms. The van der Waals surface area contributed by atoms with Gasteiger partial charge in [-0.25, -0.2) is 0 Å². The first-order chi connectivity index (χ1) is 9.75. The van der Waals surface area contributed by atoms with Gasteiger partial charge in [0.15, 0.2) is 5.78 Å². The quantitative estimate of drug-likeness (QED) is 0.657. The van der Waals surface area contributed by atoms with Crippen molar-refractivity contribution in [1.82, 2.24) is 0 Å². The van der Waals surface area contributed by atoms with Crippen LogP contribution in [0.2, 0.25) is 0 Å². The molecule has 110 valence electrons. The zero-order valence-electron chi connectivity index (χ0n) is 13.7. The van der Waals surface area contributed by atoms with Crippen LogP contribution in [0, 0.1) is 41.5 Å². The minimum atomic E-state index is 0.0827. The molecule has 0 aliphatic rings. The zero-order valence-corrected chi connectivity index (χ0v) is 13.7. The van der Waals surface area contributed by atoms with E-state index in [9.17, 15) is 4.79 Å². The molecule has 0 aliphatic heterocycles. The maximum absolute atomic E-state index is 12.9. The molecule has 2 heteroatoms. The predicted molar refractivity (Wildman–Crippen MR) is 89.2 cm³/mol. The third kappa shape index (κ3) is 2.46. The lowest BCUT2D eigenvalue weighted by atomic mass is 9.86. The summed E-state index contributed by atoms with van der Waals surface area (Å²) in [4.78, 5) is 12.9. The van der Waals surface area contributed by atoms with Crippen LogP contribution in [0.4, 0.5) is 5.69 Å². The standard InChI is InChI=1S/C19H23NO/c1-10-9-16(7-8-17(10)20)19(21)18-14(5)12(3)11(2)13(4)15(18)6/h7-9H,20H2,1-6H3. The SMILES string of the molecule is Cc1cc(C(=O)c2c(C)c(C)c(C)c(C)c2C)ccc1N. The molecule has 2 aromatic rings. The van der Waals surface area contributed by atoms with Gasteiger partial charge in [-0.05, 0) is 93.1 Å². The molecule has 0 heterocycles. The molecule has 0 unspecified atom stereocenters. The fraction of sp³-hybridized carbons (Fsp3) is 0.316. The Kier molecular flexibility index (Phi) is 3.91. The Hall–Kier alpha value is -2.09. The number of hydrogen-bond donors (Lipinski definition) is 1. The summed E-state index contributed by atoms with van der Waals surface area (Å²) < 4.78 is 0. The fourth-order valence-corrected chi connectivity index (χ4v) is 2.80. The maximum atomic E-state index is 12.9. The largest absolute Gasteiger partial charge is 0.399 e. The van der Waals surface area contributed by atoms with E-state index in [-0.39, 0.29) is 5.78 Å². The van der Waals surface area contributed by atoms with Gasteiger partial charge in [0.05, 0.1) is 0 Å². The second-order valence-corrected chi connectivity index (χ2v) is 5.90. The lowest BCUT2D eigenvalue weighted by molar-refractivity contribution is 0.103. The Labute approximate surface area is 127 Å². The predicted octanol–water partition coefficient (Wildman–Crippen LogP) is 4.35. The Balaban J connectivity index is 2.66. The van der Waals surface area contributed by atoms with Gasteiger partial charge in [0.1, 0.15) is 0 Å². The van der Waals surface area contributed by atoms with Crippen molar-refractivity contribution in [3.05, 3.63) is 62.7 Å². The van der Waals surface area contributed by atoms with Gasteiger partial charge in [-0.3, -0.25) is 4.79 Å². The van der Waals surface area contributed by atoms with Gasteiger partial charge >= 0.3 is 0 Å². The van der Waals surface area contributed by atoms with Gasteiger partial charge < -0.3 is 5.73 Å². The molecule has 0 aromatic heterocycles. The number of nitrogen functional groups attached to an aromatic ring is 1. The molecule has 0 saturated heterocycles. The van der Waals surface area contributed by atoms with E-state index in [0.717, 1.165) is 27.9 Å². The van der Waals surface area contributed by atoms with Gasteiger partial charge in [0, 0.05) is 16.8 Å². The van der Waals surface area contributed by atoms with Gasteiger partial charge in [-0.15, -0.1) is 0 Å². The number of anilines is 1. The first-order valence-electron chi connectivity index (χ1n) is 7.23. The number of ketones is 1. The van der Waals surface area contributed by atoms with E-state index in [2.05, 4.69) is 20.8 Å². The van der Waals surface area contributed by atoms with Gasteiger partial charge in [0.25, 0.3) is 0 Å². The Morgan fingerprint density at radius 2 is 1.29 bits per heavy atom. The third-order valence-corrected chi connectivity index (χ3v) is 4.76. The van der Waals surface area contributed by atoms with Crippen LogP contribution >= 0.6 is 0 Å². The number of carbonyl (C=O) groups excluding carboxylic acids is 1. The second kappa shape index (κ2) is 5.36. The van der Waals surface area contributed by atoms with Crippen molar-refractivity contribution in [1.29, 1.82) is 0 Å². The van der Waals surface area contributed by atoms with Crippen molar-refractivity contribution < 1.29 is 4.79 Å². The van der Waals surface area contributed by atoms with Crippen LogP contribution < -0.4 is 5.73 Å². The highest BCUT2D eigenvalue weighted by molar-refractivity contribution is 6.11. The van der Waals surface area contributed by atoms with Gasteiger partial charge in [-0.1, -0.05) is 0 Å². The van der Waals surface area contributed by atoms with E-state index in [1.807, 2.05) is 32.9 Å². The number of aryl methyl sites for hydroxylation is 1. The fourth-order valence-electron chi connectivity index (χ4n) is 2.80. The van der Waals surface area contributed by atoms with Gasteiger partial charge in [0.2, 0.25) is 0 Å². The van der Waals surface area contributed by atoms with Crippen molar-refractivity contribution in [2.24, 2.45) is 0 Å². The zero-order chi connectivity index (χ0) is 15.9. The summed E-state index contributed by atoms with van der Waals surface area (Å²) in [6, 6.07) is 5.50. The van der Waals surface area contributed by atoms with E-state index in [0.29, 0.717) is 5.56 Å². The molecule has 2 rings (SSSR count). The van der Waals surface area contributed by atoms with Crippen LogP contribution in [0.3, 0.4) is 0 Å². The molecular weight excluding hydrogens is 258 g/mol. The van der Waals surface area contributed by atoms with Crippen molar-refractivity contribution in [3.8, 4) is 0 Å². The van der Waals surface area contributed by atoms with E-state index >= 15 is 0 Å². The monoisotopic (exact) mass is 281 g/mol. The summed E-state index contributed by atoms with van der Waals surface area (Å²) in [6.07, 6.45) is 0. The highest BCUT2D eigenvalue weighted by Gasteiger charge is 2.19. The molecule has 0 amide bonds. The highest BCUT2D eigenvalue weighted by atomic mass is 16.1. The lowest BCUT2D eigenvalue weighted by Crippen LogP contribution is -2.11. The van der Waals surface area contributed by atoms with E-state index in [1.165, 1.54) is 16.7 Å². The normalized spacial score (nSPS) is 10.8. The van der Waals surface area contributed by atoms with Crippen LogP contribution in [-0.2, 0) is 0 Å². The molecule has 0 spiro atoms. The molecule has 0 atom stereocenters. The van der Waals surface area contributed by atoms with Crippen LogP contribution in [-0.4, -0.2) is 5.78 Å². The Morgan fingerprint density at radius 3 is 1.76 bits per heavy atom. The number of carbonyl (C=O) groups is 1. The number of rotatable bonds is 2. The van der Waals surface area contributed by atoms with E-state index in [1.54, 1.807) is 6.07 Å². The Morgan fingerprint density at radius 1 is 0.810 bits per heavy atom. The molecule has 2 aromatic carbocycles. The van der Waals surface area contributed by atoms with E-state index < -0.39 is 0 Å². The molecular formula is C19H23NO. The molecule has 0 aliphatic carbocycles. The second-order valence-electron chi connectivity index (χ2n) is 5.90. The minimum Gasteiger partial charge on any atom is -0.399 e. The summed E-state index contributed by atoms with van der Waals surface area (Å²) in [5, 5.41) is 0. The lowest BCUT2D eigenvalue weighted by Gasteiger charge is -2.18. The highest BCUT2D eigenvalue weighted by Crippen LogP contribution is 2.28. The van der Waals surface area contributed by atoms with Crippen molar-refractivity contribution in [3.63, 3.8) is 0 Å². The summed E-state index contributed by atoms with van der Waals surface area (Å²) in [7, 11) is 0. The van der Waals surface area contributed by atoms with Crippen LogP contribution in [0.1, 0.15) is 49.3 Å². The summed E-state index contributed by atoms with van der Waals surface area (Å²) in [6.45, 7) is 12.3. The average Bonchev–Trinajstić information content (AvgIpc) is 2.46. The summed E-state index contributed by atoms with van der Waals surface area (Å²) in [5.41, 5.74) is 14.9. The Bertz CT molecular complexity index is 713. The topological polar surface area (TPSA) is 43.1 Å². The van der Waals surface area contributed by atoms with Crippen molar-refractivity contribution in [2.45, 2.75) is 41.5 Å². The number of benzene rings is 2. The molecule has 2 N–H and O–H groups in total. The smallest absolute Gasteiger partial charge is 0.193 e. The average molecular weight is 281 g/mol. The summed E-state index contributed by atoms with van der Waals surface area (Å²) >= 11 is 0. The number of nitrogens with two attached hydrogens (primary N) is 1. The van der Waals surface area contributed by atoms with Gasteiger partial charge in [-0.2, -0.15) is 0 Å². The van der Waals surface area contributed by atoms with Crippen LogP contribution in [0.25, 0.3) is 0 Å². The molecule has 0 bridgehead atoms. The first kappa shape index (κ1) is 15.3. The van der Waals surface area contributed by atoms with Crippen LogP contribution in [0.5, 0.6) is 0 Å². The molecule has 0 saturated carbocycles. The summed E-state index contributed by atoms with van der Waals surface area (Å²) in [5.74, 6) is 0.0827. The number of hydrogen-bond acceptors (Lipinski definition) is 2. The minimum absolute atomic E-state index is 0.0827. The van der Waals surface area contributed by atoms with Crippen molar-refractivity contribution >= 4 is 11.5 Å². The third-order valence-electron chi connectivity index (χ3n) is 4.76. The molecule has 0 fully saturated rings. The molecule has 2 nitrogen and oxygen atoms in total. The van der Waals surface area contributed by atoms with Crippen molar-refractivity contribution in [2.75, 3.05) is 5.73 Å². The van der Waals surface area contributed by atoms with Crippen LogP contribution in [0.15, 0.2) is 18.2 Å². The molecule has 0 radical (unpaired) electrons. The first-order valence-corrected chi connectivity index (χ1v) is 7.23. The maximum Gasteiger partial charge on any atom is 0.193 e. The van der Waals surface area contributed by atoms with E-state index in [4.69, 9.17) is 5.73 Å².